The average Bonchev–Trinajstić information content (AvgIpc) is 2.73. The van der Waals surface area contributed by atoms with Gasteiger partial charge in [-0.05, 0) is 43.6 Å². The topological polar surface area (TPSA) is 3.24 Å². The third kappa shape index (κ3) is 2.01. The van der Waals surface area contributed by atoms with E-state index in [4.69, 9.17) is 0 Å². The van der Waals surface area contributed by atoms with Gasteiger partial charge in [-0.15, -0.1) is 0 Å². The Kier molecular flexibility index (Phi) is 2.40. The molecule has 0 amide bonds. The average molecular weight is 167 g/mol. The summed E-state index contributed by atoms with van der Waals surface area (Å²) < 4.78 is 0. The zero-order valence-electron chi connectivity index (χ0n) is 8.42. The highest BCUT2D eigenvalue weighted by molar-refractivity contribution is 4.87. The molecule has 1 aliphatic carbocycles. The number of rotatable bonds is 3. The van der Waals surface area contributed by atoms with Crippen molar-refractivity contribution in [2.75, 3.05) is 19.6 Å². The highest BCUT2D eigenvalue weighted by atomic mass is 15.1. The summed E-state index contributed by atoms with van der Waals surface area (Å²) in [5.74, 6) is 3.05. The third-order valence-corrected chi connectivity index (χ3v) is 3.22. The van der Waals surface area contributed by atoms with Crippen molar-refractivity contribution in [3.63, 3.8) is 0 Å². The van der Waals surface area contributed by atoms with Crippen LogP contribution < -0.4 is 0 Å². The third-order valence-electron chi connectivity index (χ3n) is 3.22. The van der Waals surface area contributed by atoms with Crippen molar-refractivity contribution in [2.24, 2.45) is 17.8 Å². The minimum Gasteiger partial charge on any atom is -0.303 e. The van der Waals surface area contributed by atoms with Gasteiger partial charge in [0, 0.05) is 13.1 Å². The first-order valence-corrected chi connectivity index (χ1v) is 5.48. The normalized spacial score (nSPS) is 31.8. The second-order valence-electron chi connectivity index (χ2n) is 5.04. The fourth-order valence-corrected chi connectivity index (χ4v) is 2.50. The van der Waals surface area contributed by atoms with Gasteiger partial charge in [0.05, 0.1) is 0 Å². The summed E-state index contributed by atoms with van der Waals surface area (Å²) in [5, 5.41) is 0. The van der Waals surface area contributed by atoms with E-state index in [9.17, 15) is 0 Å². The van der Waals surface area contributed by atoms with Gasteiger partial charge in [-0.3, -0.25) is 0 Å². The van der Waals surface area contributed by atoms with Gasteiger partial charge in [-0.25, -0.2) is 0 Å². The molecule has 2 rings (SSSR count). The van der Waals surface area contributed by atoms with Crippen LogP contribution >= 0.6 is 0 Å². The maximum atomic E-state index is 2.66. The van der Waals surface area contributed by atoms with Crippen LogP contribution in [0.5, 0.6) is 0 Å². The molecule has 1 nitrogen and oxygen atoms in total. The molecule has 0 unspecified atom stereocenters. The molecule has 1 saturated heterocycles. The van der Waals surface area contributed by atoms with E-state index in [1.807, 2.05) is 0 Å². The fourth-order valence-electron chi connectivity index (χ4n) is 2.50. The molecule has 70 valence electrons. The number of hydrogen-bond donors (Lipinski definition) is 0. The Morgan fingerprint density at radius 3 is 2.50 bits per heavy atom. The van der Waals surface area contributed by atoms with Crippen molar-refractivity contribution < 1.29 is 0 Å². The van der Waals surface area contributed by atoms with E-state index in [0.717, 1.165) is 17.8 Å². The maximum Gasteiger partial charge on any atom is 0.00129 e. The molecule has 0 bridgehead atoms. The second kappa shape index (κ2) is 3.37. The molecule has 1 atom stereocenters. The van der Waals surface area contributed by atoms with Crippen molar-refractivity contribution in [3.8, 4) is 0 Å². The van der Waals surface area contributed by atoms with E-state index in [1.54, 1.807) is 0 Å². The molecule has 0 aromatic carbocycles. The van der Waals surface area contributed by atoms with Crippen LogP contribution in [0.4, 0.5) is 0 Å². The Balaban J connectivity index is 1.73. The van der Waals surface area contributed by atoms with Gasteiger partial charge in [-0.1, -0.05) is 13.8 Å². The molecule has 0 aromatic rings. The SMILES string of the molecule is CC(C)CN1CC[C@H](C2CC2)C1. The molecule has 0 aromatic heterocycles. The van der Waals surface area contributed by atoms with Crippen molar-refractivity contribution in [2.45, 2.75) is 33.1 Å². The van der Waals surface area contributed by atoms with Gasteiger partial charge in [0.1, 0.15) is 0 Å². The number of nitrogens with zero attached hydrogens (tertiary/aromatic N) is 1. The Labute approximate surface area is 76.1 Å². The molecule has 12 heavy (non-hydrogen) atoms. The van der Waals surface area contributed by atoms with Gasteiger partial charge in [0.2, 0.25) is 0 Å². The maximum absolute atomic E-state index is 2.66. The van der Waals surface area contributed by atoms with E-state index in [-0.39, 0.29) is 0 Å². The zero-order valence-corrected chi connectivity index (χ0v) is 8.42. The molecule has 1 aliphatic heterocycles. The summed E-state index contributed by atoms with van der Waals surface area (Å²) in [7, 11) is 0. The van der Waals surface area contributed by atoms with E-state index < -0.39 is 0 Å². The van der Waals surface area contributed by atoms with Gasteiger partial charge < -0.3 is 4.90 Å². The molecule has 2 aliphatic rings. The van der Waals surface area contributed by atoms with Gasteiger partial charge in [0.25, 0.3) is 0 Å². The lowest BCUT2D eigenvalue weighted by atomic mass is 10.0. The molecule has 1 heterocycles. The van der Waals surface area contributed by atoms with Crippen LogP contribution in [0.2, 0.25) is 0 Å². The van der Waals surface area contributed by atoms with Crippen LogP contribution in [-0.4, -0.2) is 24.5 Å². The molecule has 2 fully saturated rings. The van der Waals surface area contributed by atoms with Crippen molar-refractivity contribution in [1.29, 1.82) is 0 Å². The quantitative estimate of drug-likeness (QED) is 0.624. The Morgan fingerprint density at radius 2 is 1.92 bits per heavy atom. The molecular formula is C11H21N. The predicted octanol–water partition coefficient (Wildman–Crippen LogP) is 2.37. The summed E-state index contributed by atoms with van der Waals surface area (Å²) in [6.45, 7) is 8.75. The monoisotopic (exact) mass is 167 g/mol. The summed E-state index contributed by atoms with van der Waals surface area (Å²) >= 11 is 0. The Hall–Kier alpha value is -0.0400. The van der Waals surface area contributed by atoms with Gasteiger partial charge in [-0.2, -0.15) is 0 Å². The standard InChI is InChI=1S/C11H21N/c1-9(2)7-12-6-5-11(8-12)10-3-4-10/h9-11H,3-8H2,1-2H3/t11-/m0/s1. The van der Waals surface area contributed by atoms with Gasteiger partial charge >= 0.3 is 0 Å². The first-order valence-electron chi connectivity index (χ1n) is 5.48. The van der Waals surface area contributed by atoms with Crippen LogP contribution in [0.15, 0.2) is 0 Å². The van der Waals surface area contributed by atoms with Crippen LogP contribution in [0.3, 0.4) is 0 Å². The van der Waals surface area contributed by atoms with Crippen LogP contribution in [-0.2, 0) is 0 Å². The van der Waals surface area contributed by atoms with Crippen LogP contribution in [0, 0.1) is 17.8 Å². The number of likely N-dealkylation sites (tertiary alicyclic amines) is 1. The largest absolute Gasteiger partial charge is 0.303 e. The first kappa shape index (κ1) is 8.55. The molecule has 1 saturated carbocycles. The van der Waals surface area contributed by atoms with E-state index in [2.05, 4.69) is 18.7 Å². The Morgan fingerprint density at radius 1 is 1.17 bits per heavy atom. The van der Waals surface area contributed by atoms with E-state index >= 15 is 0 Å². The zero-order chi connectivity index (χ0) is 8.55. The Bertz CT molecular complexity index is 149. The summed E-state index contributed by atoms with van der Waals surface area (Å²) in [6.07, 6.45) is 4.54. The minimum absolute atomic E-state index is 0.850. The van der Waals surface area contributed by atoms with E-state index in [0.29, 0.717) is 0 Å². The highest BCUT2D eigenvalue weighted by Crippen LogP contribution is 2.41. The number of hydrogen-bond acceptors (Lipinski definition) is 1. The predicted molar refractivity (Wildman–Crippen MR) is 52.1 cm³/mol. The minimum atomic E-state index is 0.850. The molecule has 1 heteroatoms. The second-order valence-corrected chi connectivity index (χ2v) is 5.04. The lowest BCUT2D eigenvalue weighted by Gasteiger charge is -2.17. The summed E-state index contributed by atoms with van der Waals surface area (Å²) in [6, 6.07) is 0. The molecule has 0 radical (unpaired) electrons. The van der Waals surface area contributed by atoms with Gasteiger partial charge in [0.15, 0.2) is 0 Å². The molecule has 0 spiro atoms. The summed E-state index contributed by atoms with van der Waals surface area (Å²) in [4.78, 5) is 2.66. The molecular weight excluding hydrogens is 146 g/mol. The van der Waals surface area contributed by atoms with Crippen molar-refractivity contribution in [1.82, 2.24) is 4.90 Å². The van der Waals surface area contributed by atoms with Crippen molar-refractivity contribution >= 4 is 0 Å². The highest BCUT2D eigenvalue weighted by Gasteiger charge is 2.35. The lowest BCUT2D eigenvalue weighted by molar-refractivity contribution is 0.282. The van der Waals surface area contributed by atoms with Crippen LogP contribution in [0.25, 0.3) is 0 Å². The smallest absolute Gasteiger partial charge is 0.00129 e. The van der Waals surface area contributed by atoms with Crippen LogP contribution in [0.1, 0.15) is 33.1 Å². The van der Waals surface area contributed by atoms with Crippen molar-refractivity contribution in [3.05, 3.63) is 0 Å². The fraction of sp³-hybridized carbons (Fsp3) is 1.00. The van der Waals surface area contributed by atoms with E-state index in [1.165, 1.54) is 38.9 Å². The molecule has 0 N–H and O–H groups in total. The lowest BCUT2D eigenvalue weighted by Crippen LogP contribution is -2.25. The summed E-state index contributed by atoms with van der Waals surface area (Å²) in [5.41, 5.74) is 0. The first-order chi connectivity index (χ1) is 5.75.